The molecule has 4 rings (SSSR count). The minimum absolute atomic E-state index is 0.247. The first-order valence-corrected chi connectivity index (χ1v) is 10.4. The number of guanidine groups is 1. The van der Waals surface area contributed by atoms with Gasteiger partial charge < -0.3 is 25.8 Å². The van der Waals surface area contributed by atoms with E-state index in [0.717, 1.165) is 18.8 Å². The predicted octanol–water partition coefficient (Wildman–Crippen LogP) is 3.30. The van der Waals surface area contributed by atoms with Gasteiger partial charge in [-0.05, 0) is 42.5 Å². The van der Waals surface area contributed by atoms with Crippen LogP contribution in [0.4, 0.5) is 11.4 Å². The highest BCUT2D eigenvalue weighted by Crippen LogP contribution is 2.31. The highest BCUT2D eigenvalue weighted by molar-refractivity contribution is 6.05. The van der Waals surface area contributed by atoms with Gasteiger partial charge >= 0.3 is 5.97 Å². The molecule has 1 aliphatic heterocycles. The van der Waals surface area contributed by atoms with E-state index in [1.807, 2.05) is 0 Å². The minimum Gasteiger partial charge on any atom is -0.483 e. The van der Waals surface area contributed by atoms with E-state index in [4.69, 9.17) is 4.74 Å². The second-order valence-corrected chi connectivity index (χ2v) is 7.30. The number of amides is 1. The zero-order valence-electron chi connectivity index (χ0n) is 17.7. The average Bonchev–Trinajstić information content (AvgIpc) is 3.34. The molecule has 2 aromatic carbocycles. The molecule has 0 radical (unpaired) electrons. The molecule has 1 aromatic heterocycles. The van der Waals surface area contributed by atoms with Crippen LogP contribution < -0.4 is 20.7 Å². The summed E-state index contributed by atoms with van der Waals surface area (Å²) in [6.07, 6.45) is 2.17. The van der Waals surface area contributed by atoms with Crippen molar-refractivity contribution in [1.82, 2.24) is 10.3 Å². The molecule has 0 bridgehead atoms. The van der Waals surface area contributed by atoms with Crippen molar-refractivity contribution >= 4 is 29.2 Å². The number of nitrogens with zero attached hydrogens (tertiary/aromatic N) is 2. The Morgan fingerprint density at radius 3 is 2.61 bits per heavy atom. The summed E-state index contributed by atoms with van der Waals surface area (Å²) in [5.41, 5.74) is 2.35. The van der Waals surface area contributed by atoms with Gasteiger partial charge in [-0.25, -0.2) is 0 Å². The molecule has 1 atom stereocenters. The Balaban J connectivity index is 1.47. The Labute approximate surface area is 190 Å². The maximum Gasteiger partial charge on any atom is 0.307 e. The molecule has 1 aliphatic rings. The van der Waals surface area contributed by atoms with Crippen molar-refractivity contribution in [3.8, 4) is 5.75 Å². The van der Waals surface area contributed by atoms with E-state index in [1.165, 1.54) is 0 Å². The third kappa shape index (κ3) is 5.85. The number of ether oxygens (including phenoxy) is 1. The number of carboxylic acids is 1. The predicted molar refractivity (Wildman–Crippen MR) is 125 cm³/mol. The van der Waals surface area contributed by atoms with Gasteiger partial charge in [-0.3, -0.25) is 19.6 Å². The smallest absolute Gasteiger partial charge is 0.307 e. The summed E-state index contributed by atoms with van der Waals surface area (Å²) in [6.45, 7) is 1.54. The van der Waals surface area contributed by atoms with Gasteiger partial charge in [-0.1, -0.05) is 18.2 Å². The molecule has 0 fully saturated rings. The molecule has 0 saturated heterocycles. The van der Waals surface area contributed by atoms with Crippen LogP contribution >= 0.6 is 0 Å². The lowest BCUT2D eigenvalue weighted by Gasteiger charge is -2.20. The lowest BCUT2D eigenvalue weighted by atomic mass is 10.1. The van der Waals surface area contributed by atoms with Crippen LogP contribution in [-0.4, -0.2) is 41.0 Å². The van der Waals surface area contributed by atoms with E-state index in [-0.39, 0.29) is 12.3 Å². The number of hydrogen-bond acceptors (Lipinski definition) is 7. The number of pyridine rings is 1. The number of carbonyl (C=O) groups excluding carboxylic acids is 1. The molecule has 9 nitrogen and oxygen atoms in total. The molecule has 1 unspecified atom stereocenters. The standard InChI is InChI=1S/C24H23N5O4/c30-22(31)14-21(17-4-3-11-25-15-17)33-20-6-2-1-5-19(20)29-23(32)16-7-9-18(10-8-16)28-24-26-12-13-27-24/h1-11,15,21H,12-14H2,(H,29,32)(H,30,31)(H2,26,27,28). The fraction of sp³-hybridized carbons (Fsp3) is 0.167. The summed E-state index contributed by atoms with van der Waals surface area (Å²) >= 11 is 0. The number of aromatic nitrogens is 1. The Kier molecular flexibility index (Phi) is 6.79. The Bertz CT molecular complexity index is 1150. The Morgan fingerprint density at radius 1 is 1.09 bits per heavy atom. The summed E-state index contributed by atoms with van der Waals surface area (Å²) < 4.78 is 6.01. The summed E-state index contributed by atoms with van der Waals surface area (Å²) in [7, 11) is 0. The third-order valence-corrected chi connectivity index (χ3v) is 4.90. The zero-order valence-corrected chi connectivity index (χ0v) is 17.7. The van der Waals surface area contributed by atoms with Gasteiger partial charge in [0.05, 0.1) is 18.7 Å². The van der Waals surface area contributed by atoms with Crippen molar-refractivity contribution in [1.29, 1.82) is 0 Å². The van der Waals surface area contributed by atoms with Gasteiger partial charge in [0.15, 0.2) is 5.96 Å². The van der Waals surface area contributed by atoms with E-state index in [0.29, 0.717) is 28.5 Å². The quantitative estimate of drug-likeness (QED) is 0.419. The monoisotopic (exact) mass is 445 g/mol. The largest absolute Gasteiger partial charge is 0.483 e. The number of para-hydroxylation sites is 2. The van der Waals surface area contributed by atoms with Crippen LogP contribution in [0.15, 0.2) is 78.0 Å². The summed E-state index contributed by atoms with van der Waals surface area (Å²) in [5.74, 6) is -0.240. The average molecular weight is 445 g/mol. The maximum atomic E-state index is 12.8. The van der Waals surface area contributed by atoms with Gasteiger partial charge in [0.25, 0.3) is 5.91 Å². The molecule has 33 heavy (non-hydrogen) atoms. The van der Waals surface area contributed by atoms with Crippen LogP contribution in [0.3, 0.4) is 0 Å². The van der Waals surface area contributed by atoms with Gasteiger partial charge in [0.2, 0.25) is 0 Å². The van der Waals surface area contributed by atoms with E-state index in [1.54, 1.807) is 73.1 Å². The lowest BCUT2D eigenvalue weighted by Crippen LogP contribution is -2.26. The van der Waals surface area contributed by atoms with Crippen molar-refractivity contribution in [2.24, 2.45) is 4.99 Å². The number of anilines is 2. The fourth-order valence-corrected chi connectivity index (χ4v) is 3.30. The van der Waals surface area contributed by atoms with Crippen LogP contribution in [0.25, 0.3) is 0 Å². The molecule has 2 heterocycles. The molecule has 0 aliphatic carbocycles. The lowest BCUT2D eigenvalue weighted by molar-refractivity contribution is -0.138. The topological polar surface area (TPSA) is 125 Å². The molecular formula is C24H23N5O4. The molecule has 168 valence electrons. The third-order valence-electron chi connectivity index (χ3n) is 4.90. The molecule has 0 spiro atoms. The van der Waals surface area contributed by atoms with Crippen LogP contribution in [-0.2, 0) is 4.79 Å². The first-order chi connectivity index (χ1) is 16.1. The Hall–Kier alpha value is -4.40. The van der Waals surface area contributed by atoms with Crippen molar-refractivity contribution < 1.29 is 19.4 Å². The number of nitrogens with one attached hydrogen (secondary N) is 3. The van der Waals surface area contributed by atoms with Crippen LogP contribution in [0.2, 0.25) is 0 Å². The second-order valence-electron chi connectivity index (χ2n) is 7.30. The summed E-state index contributed by atoms with van der Waals surface area (Å²) in [4.78, 5) is 32.5. The van der Waals surface area contributed by atoms with Gasteiger partial charge in [-0.15, -0.1) is 0 Å². The zero-order chi connectivity index (χ0) is 23.0. The molecule has 4 N–H and O–H groups in total. The highest BCUT2D eigenvalue weighted by Gasteiger charge is 2.20. The number of hydrogen-bond donors (Lipinski definition) is 4. The first-order valence-electron chi connectivity index (χ1n) is 10.4. The van der Waals surface area contributed by atoms with E-state index >= 15 is 0 Å². The van der Waals surface area contributed by atoms with Crippen LogP contribution in [0.5, 0.6) is 5.75 Å². The van der Waals surface area contributed by atoms with Gasteiger partial charge in [-0.2, -0.15) is 0 Å². The van der Waals surface area contributed by atoms with Crippen molar-refractivity contribution in [2.75, 3.05) is 23.7 Å². The fourth-order valence-electron chi connectivity index (χ4n) is 3.30. The number of rotatable bonds is 8. The minimum atomic E-state index is -1.00. The molecular weight excluding hydrogens is 422 g/mol. The normalized spacial score (nSPS) is 13.4. The van der Waals surface area contributed by atoms with Gasteiger partial charge in [0, 0.05) is 35.8 Å². The SMILES string of the molecule is O=C(O)CC(Oc1ccccc1NC(=O)c1ccc(NC2=NCCN2)cc1)c1cccnc1. The molecule has 0 saturated carbocycles. The molecule has 3 aromatic rings. The number of benzene rings is 2. The van der Waals surface area contributed by atoms with E-state index in [9.17, 15) is 14.7 Å². The van der Waals surface area contributed by atoms with Crippen LogP contribution in [0.1, 0.15) is 28.4 Å². The highest BCUT2D eigenvalue weighted by atomic mass is 16.5. The van der Waals surface area contributed by atoms with Crippen LogP contribution in [0, 0.1) is 0 Å². The molecule has 1 amide bonds. The maximum absolute atomic E-state index is 12.8. The molecule has 9 heteroatoms. The van der Waals surface area contributed by atoms with E-state index in [2.05, 4.69) is 25.9 Å². The Morgan fingerprint density at radius 2 is 1.91 bits per heavy atom. The summed E-state index contributed by atoms with van der Waals surface area (Å²) in [6, 6.07) is 17.4. The van der Waals surface area contributed by atoms with Crippen molar-refractivity contribution in [3.63, 3.8) is 0 Å². The number of carboxylic acid groups (broad SMARTS) is 1. The summed E-state index contributed by atoms with van der Waals surface area (Å²) in [5, 5.41) is 18.4. The number of aliphatic carboxylic acids is 1. The second kappa shape index (κ2) is 10.3. The number of carbonyl (C=O) groups is 2. The van der Waals surface area contributed by atoms with Crippen molar-refractivity contribution in [2.45, 2.75) is 12.5 Å². The number of aliphatic imine (C=N–C) groups is 1. The van der Waals surface area contributed by atoms with Crippen molar-refractivity contribution in [3.05, 3.63) is 84.2 Å². The first kappa shape index (κ1) is 21.8. The van der Waals surface area contributed by atoms with E-state index < -0.39 is 12.1 Å². The van der Waals surface area contributed by atoms with Gasteiger partial charge in [0.1, 0.15) is 11.9 Å².